The summed E-state index contributed by atoms with van der Waals surface area (Å²) in [4.78, 5) is 20.7. The van der Waals surface area contributed by atoms with Crippen LogP contribution in [-0.4, -0.2) is 36.6 Å². The number of aromatic nitrogens is 1. The van der Waals surface area contributed by atoms with Crippen LogP contribution in [0.4, 0.5) is 0 Å². The summed E-state index contributed by atoms with van der Waals surface area (Å²) in [6.45, 7) is 4.88. The van der Waals surface area contributed by atoms with Crippen LogP contribution in [0.3, 0.4) is 0 Å². The third kappa shape index (κ3) is 4.10. The Hall–Kier alpha value is -2.08. The fourth-order valence-corrected chi connectivity index (χ4v) is 4.71. The SMILES string of the molecule is CCCCc1nc(C)c(C(=O)N2CCCC2c2ccc(OC)cc2OC)s1. The van der Waals surface area contributed by atoms with Gasteiger partial charge in [-0.05, 0) is 44.7 Å². The fraction of sp³-hybridized carbons (Fsp3) is 0.524. The zero-order chi connectivity index (χ0) is 19.4. The Kier molecular flexibility index (Phi) is 6.37. The van der Waals surface area contributed by atoms with Gasteiger partial charge >= 0.3 is 0 Å². The van der Waals surface area contributed by atoms with Crippen LogP contribution in [0.1, 0.15) is 64.6 Å². The normalized spacial score (nSPS) is 16.6. The molecule has 0 spiro atoms. The van der Waals surface area contributed by atoms with Crippen molar-refractivity contribution in [2.45, 2.75) is 52.0 Å². The second kappa shape index (κ2) is 8.74. The van der Waals surface area contributed by atoms with Gasteiger partial charge in [-0.1, -0.05) is 13.3 Å². The highest BCUT2D eigenvalue weighted by atomic mass is 32.1. The summed E-state index contributed by atoms with van der Waals surface area (Å²) in [6, 6.07) is 5.86. The topological polar surface area (TPSA) is 51.7 Å². The molecule has 1 aromatic heterocycles. The lowest BCUT2D eigenvalue weighted by molar-refractivity contribution is 0.0738. The fourth-order valence-electron chi connectivity index (χ4n) is 3.64. The maximum absolute atomic E-state index is 13.3. The minimum atomic E-state index is 0.0268. The molecule has 3 rings (SSSR count). The Bertz CT molecular complexity index is 803. The molecule has 2 aromatic rings. The van der Waals surface area contributed by atoms with E-state index in [4.69, 9.17) is 9.47 Å². The van der Waals surface area contributed by atoms with Gasteiger partial charge in [0.2, 0.25) is 0 Å². The molecule has 1 saturated heterocycles. The first-order valence-corrected chi connectivity index (χ1v) is 10.4. The number of ether oxygens (including phenoxy) is 2. The van der Waals surface area contributed by atoms with E-state index in [0.29, 0.717) is 0 Å². The number of rotatable bonds is 7. The summed E-state index contributed by atoms with van der Waals surface area (Å²) in [5, 5.41) is 1.07. The molecule has 0 bridgehead atoms. The van der Waals surface area contributed by atoms with Crippen LogP contribution in [-0.2, 0) is 6.42 Å². The number of nitrogens with zero attached hydrogens (tertiary/aromatic N) is 2. The van der Waals surface area contributed by atoms with Crippen LogP contribution < -0.4 is 9.47 Å². The molecular formula is C21H28N2O3S. The quantitative estimate of drug-likeness (QED) is 0.684. The van der Waals surface area contributed by atoms with E-state index in [2.05, 4.69) is 11.9 Å². The Balaban J connectivity index is 1.86. The molecule has 1 aliphatic heterocycles. The first-order valence-electron chi connectivity index (χ1n) is 9.58. The number of carbonyl (C=O) groups excluding carboxylic acids is 1. The summed E-state index contributed by atoms with van der Waals surface area (Å²) in [6.07, 6.45) is 5.12. The first-order chi connectivity index (χ1) is 13.1. The second-order valence-electron chi connectivity index (χ2n) is 6.89. The minimum absolute atomic E-state index is 0.0268. The zero-order valence-corrected chi connectivity index (χ0v) is 17.4. The lowest BCUT2D eigenvalue weighted by Crippen LogP contribution is -2.30. The lowest BCUT2D eigenvalue weighted by Gasteiger charge is -2.26. The van der Waals surface area contributed by atoms with Gasteiger partial charge in [-0.25, -0.2) is 4.98 Å². The van der Waals surface area contributed by atoms with Gasteiger partial charge in [0.05, 0.1) is 31.0 Å². The number of hydrogen-bond acceptors (Lipinski definition) is 5. The molecular weight excluding hydrogens is 360 g/mol. The number of likely N-dealkylation sites (tertiary alicyclic amines) is 1. The van der Waals surface area contributed by atoms with Crippen LogP contribution in [0.5, 0.6) is 11.5 Å². The molecule has 1 unspecified atom stereocenters. The van der Waals surface area contributed by atoms with Crippen molar-refractivity contribution in [3.8, 4) is 11.5 Å². The van der Waals surface area contributed by atoms with Gasteiger partial charge in [-0.15, -0.1) is 11.3 Å². The van der Waals surface area contributed by atoms with Gasteiger partial charge < -0.3 is 14.4 Å². The molecule has 1 aromatic carbocycles. The molecule has 27 heavy (non-hydrogen) atoms. The maximum Gasteiger partial charge on any atom is 0.266 e. The van der Waals surface area contributed by atoms with Crippen molar-refractivity contribution in [2.24, 2.45) is 0 Å². The average molecular weight is 389 g/mol. The number of amides is 1. The first kappa shape index (κ1) is 19.7. The van der Waals surface area contributed by atoms with Crippen molar-refractivity contribution < 1.29 is 14.3 Å². The number of methoxy groups -OCH3 is 2. The van der Waals surface area contributed by atoms with Crippen LogP contribution in [0.25, 0.3) is 0 Å². The highest BCUT2D eigenvalue weighted by Gasteiger charge is 2.34. The molecule has 5 nitrogen and oxygen atoms in total. The van der Waals surface area contributed by atoms with Crippen molar-refractivity contribution in [2.75, 3.05) is 20.8 Å². The van der Waals surface area contributed by atoms with E-state index < -0.39 is 0 Å². The van der Waals surface area contributed by atoms with E-state index in [1.54, 1.807) is 25.6 Å². The number of thiazole rings is 1. The van der Waals surface area contributed by atoms with Crippen LogP contribution in [0.2, 0.25) is 0 Å². The Morgan fingerprint density at radius 2 is 2.15 bits per heavy atom. The number of unbranched alkanes of at least 4 members (excludes halogenated alkanes) is 1. The predicted octanol–water partition coefficient (Wildman–Crippen LogP) is 4.79. The lowest BCUT2D eigenvalue weighted by atomic mass is 10.0. The Labute approximate surface area is 165 Å². The van der Waals surface area contributed by atoms with Crippen LogP contribution >= 0.6 is 11.3 Å². The Morgan fingerprint density at radius 3 is 2.85 bits per heavy atom. The van der Waals surface area contributed by atoms with Crippen molar-refractivity contribution in [3.05, 3.63) is 39.3 Å². The van der Waals surface area contributed by atoms with Gasteiger partial charge in [-0.3, -0.25) is 4.79 Å². The molecule has 0 N–H and O–H groups in total. The van der Waals surface area contributed by atoms with Crippen molar-refractivity contribution in [1.29, 1.82) is 0 Å². The number of benzene rings is 1. The van der Waals surface area contributed by atoms with Crippen LogP contribution in [0, 0.1) is 6.92 Å². The largest absolute Gasteiger partial charge is 0.497 e. The third-order valence-corrected chi connectivity index (χ3v) is 6.30. The molecule has 0 radical (unpaired) electrons. The number of carbonyl (C=O) groups is 1. The molecule has 0 aliphatic carbocycles. The summed E-state index contributed by atoms with van der Waals surface area (Å²) >= 11 is 1.55. The molecule has 146 valence electrons. The molecule has 1 fully saturated rings. The third-order valence-electron chi connectivity index (χ3n) is 5.09. The number of hydrogen-bond donors (Lipinski definition) is 0. The molecule has 2 heterocycles. The van der Waals surface area contributed by atoms with Gasteiger partial charge in [-0.2, -0.15) is 0 Å². The standard InChI is InChI=1S/C21H28N2O3S/c1-5-6-9-19-22-14(2)20(27-19)21(24)23-12-7-8-17(23)16-11-10-15(25-3)13-18(16)26-4/h10-11,13,17H,5-9,12H2,1-4H3. The van der Waals surface area contributed by atoms with Crippen molar-refractivity contribution in [1.82, 2.24) is 9.88 Å². The molecule has 1 atom stereocenters. The summed E-state index contributed by atoms with van der Waals surface area (Å²) in [5.74, 6) is 1.61. The monoisotopic (exact) mass is 388 g/mol. The van der Waals surface area contributed by atoms with Crippen molar-refractivity contribution >= 4 is 17.2 Å². The van der Waals surface area contributed by atoms with E-state index in [9.17, 15) is 4.79 Å². The molecule has 1 aliphatic rings. The van der Waals surface area contributed by atoms with Gasteiger partial charge in [0.25, 0.3) is 5.91 Å². The van der Waals surface area contributed by atoms with E-state index >= 15 is 0 Å². The molecule has 0 saturated carbocycles. The zero-order valence-electron chi connectivity index (χ0n) is 16.6. The summed E-state index contributed by atoms with van der Waals surface area (Å²) in [5.41, 5.74) is 1.89. The summed E-state index contributed by atoms with van der Waals surface area (Å²) < 4.78 is 10.9. The maximum atomic E-state index is 13.3. The van der Waals surface area contributed by atoms with Crippen LogP contribution in [0.15, 0.2) is 18.2 Å². The minimum Gasteiger partial charge on any atom is -0.497 e. The Morgan fingerprint density at radius 1 is 1.33 bits per heavy atom. The van der Waals surface area contributed by atoms with E-state index in [1.165, 1.54) is 0 Å². The second-order valence-corrected chi connectivity index (χ2v) is 7.97. The van der Waals surface area contributed by atoms with Gasteiger partial charge in [0.1, 0.15) is 16.4 Å². The molecule has 1 amide bonds. The highest BCUT2D eigenvalue weighted by Crippen LogP contribution is 2.40. The molecule has 6 heteroatoms. The van der Waals surface area contributed by atoms with Gasteiger partial charge in [0, 0.05) is 18.2 Å². The van der Waals surface area contributed by atoms with E-state index in [0.717, 1.165) is 71.3 Å². The van der Waals surface area contributed by atoms with Gasteiger partial charge in [0.15, 0.2) is 0 Å². The average Bonchev–Trinajstić information content (AvgIpc) is 3.32. The predicted molar refractivity (Wildman–Crippen MR) is 108 cm³/mol. The highest BCUT2D eigenvalue weighted by molar-refractivity contribution is 7.13. The van der Waals surface area contributed by atoms with Crippen molar-refractivity contribution in [3.63, 3.8) is 0 Å². The number of aryl methyl sites for hydroxylation is 2. The smallest absolute Gasteiger partial charge is 0.266 e. The van der Waals surface area contributed by atoms with E-state index in [-0.39, 0.29) is 11.9 Å². The van der Waals surface area contributed by atoms with E-state index in [1.807, 2.05) is 30.0 Å². The summed E-state index contributed by atoms with van der Waals surface area (Å²) in [7, 11) is 3.30.